The van der Waals surface area contributed by atoms with E-state index in [2.05, 4.69) is 0 Å². The molecule has 0 amide bonds. The predicted octanol–water partition coefficient (Wildman–Crippen LogP) is 2.72. The van der Waals surface area contributed by atoms with Crippen molar-refractivity contribution < 1.29 is 17.9 Å². The third-order valence-corrected chi connectivity index (χ3v) is 1.82. The zero-order chi connectivity index (χ0) is 11.5. The van der Waals surface area contributed by atoms with Crippen LogP contribution in [0.4, 0.5) is 13.2 Å². The molecule has 0 unspecified atom stereocenters. The van der Waals surface area contributed by atoms with Crippen molar-refractivity contribution in [2.24, 2.45) is 0 Å². The monoisotopic (exact) mass is 215 g/mol. The van der Waals surface area contributed by atoms with E-state index in [9.17, 15) is 13.2 Å². The number of benzene rings is 1. The van der Waals surface area contributed by atoms with E-state index in [1.165, 1.54) is 25.3 Å². The van der Waals surface area contributed by atoms with Crippen molar-refractivity contribution in [2.75, 3.05) is 7.11 Å². The highest BCUT2D eigenvalue weighted by Gasteiger charge is 2.33. The molecule has 0 fully saturated rings. The molecule has 0 aliphatic carbocycles. The fourth-order valence-electron chi connectivity index (χ4n) is 1.19. The Morgan fingerprint density at radius 3 is 2.53 bits per heavy atom. The highest BCUT2D eigenvalue weighted by atomic mass is 19.4. The molecule has 0 saturated carbocycles. The molecule has 5 heteroatoms. The van der Waals surface area contributed by atoms with Crippen LogP contribution in [-0.4, -0.2) is 7.11 Å². The van der Waals surface area contributed by atoms with Gasteiger partial charge in [0, 0.05) is 7.11 Å². The maximum Gasteiger partial charge on any atom is 0.417 e. The molecule has 80 valence electrons. The number of hydrogen-bond donors (Lipinski definition) is 0. The van der Waals surface area contributed by atoms with Crippen molar-refractivity contribution in [2.45, 2.75) is 12.8 Å². The van der Waals surface area contributed by atoms with E-state index in [1.807, 2.05) is 0 Å². The Morgan fingerprint density at radius 2 is 2.07 bits per heavy atom. The predicted molar refractivity (Wildman–Crippen MR) is 46.9 cm³/mol. The Bertz CT molecular complexity index is 393. The third kappa shape index (κ3) is 2.70. The highest BCUT2D eigenvalue weighted by Crippen LogP contribution is 2.32. The standard InChI is InChI=1S/C10H8F3NO/c1-15-6-7-2-3-9(10(11,12)13)8(4-7)5-14/h2-4H,6H2,1H3. The summed E-state index contributed by atoms with van der Waals surface area (Å²) in [7, 11) is 1.43. The molecule has 0 atom stereocenters. The lowest BCUT2D eigenvalue weighted by Crippen LogP contribution is -2.08. The number of ether oxygens (including phenoxy) is 1. The lowest BCUT2D eigenvalue weighted by molar-refractivity contribution is -0.137. The summed E-state index contributed by atoms with van der Waals surface area (Å²) in [6.45, 7) is 0.187. The van der Waals surface area contributed by atoms with E-state index in [4.69, 9.17) is 10.00 Å². The van der Waals surface area contributed by atoms with Crippen LogP contribution in [-0.2, 0) is 17.5 Å². The van der Waals surface area contributed by atoms with Crippen LogP contribution in [0, 0.1) is 11.3 Å². The average molecular weight is 215 g/mol. The van der Waals surface area contributed by atoms with Gasteiger partial charge in [-0.3, -0.25) is 0 Å². The van der Waals surface area contributed by atoms with Crippen LogP contribution in [0.3, 0.4) is 0 Å². The summed E-state index contributed by atoms with van der Waals surface area (Å²) in [5.41, 5.74) is -0.746. The van der Waals surface area contributed by atoms with Gasteiger partial charge in [0.25, 0.3) is 0 Å². The van der Waals surface area contributed by atoms with Crippen molar-refractivity contribution in [3.05, 3.63) is 34.9 Å². The van der Waals surface area contributed by atoms with Gasteiger partial charge in [0.15, 0.2) is 0 Å². The average Bonchev–Trinajstić information content (AvgIpc) is 2.16. The molecule has 15 heavy (non-hydrogen) atoms. The van der Waals surface area contributed by atoms with Crippen LogP contribution >= 0.6 is 0 Å². The first-order chi connectivity index (χ1) is 6.99. The van der Waals surface area contributed by atoms with Gasteiger partial charge in [0.2, 0.25) is 0 Å². The smallest absolute Gasteiger partial charge is 0.380 e. The second kappa shape index (κ2) is 4.32. The fraction of sp³-hybridized carbons (Fsp3) is 0.300. The number of nitrogens with zero attached hydrogens (tertiary/aromatic N) is 1. The molecule has 0 saturated heterocycles. The Hall–Kier alpha value is -1.54. The van der Waals surface area contributed by atoms with Gasteiger partial charge in [0.05, 0.1) is 23.8 Å². The van der Waals surface area contributed by atoms with Gasteiger partial charge in [-0.2, -0.15) is 18.4 Å². The molecule has 0 radical (unpaired) electrons. The zero-order valence-electron chi connectivity index (χ0n) is 7.93. The van der Waals surface area contributed by atoms with Crippen LogP contribution in [0.5, 0.6) is 0 Å². The number of alkyl halides is 3. The van der Waals surface area contributed by atoms with Crippen LogP contribution < -0.4 is 0 Å². The first kappa shape index (κ1) is 11.5. The van der Waals surface area contributed by atoms with Crippen molar-refractivity contribution in [3.63, 3.8) is 0 Å². The third-order valence-electron chi connectivity index (χ3n) is 1.82. The quantitative estimate of drug-likeness (QED) is 0.759. The minimum Gasteiger partial charge on any atom is -0.380 e. The molecule has 1 aromatic rings. The van der Waals surface area contributed by atoms with E-state index >= 15 is 0 Å². The minimum atomic E-state index is -4.49. The van der Waals surface area contributed by atoms with Gasteiger partial charge in [-0.25, -0.2) is 0 Å². The first-order valence-electron chi connectivity index (χ1n) is 4.08. The van der Waals surface area contributed by atoms with Crippen LogP contribution in [0.2, 0.25) is 0 Å². The van der Waals surface area contributed by atoms with Crippen molar-refractivity contribution >= 4 is 0 Å². The van der Waals surface area contributed by atoms with Gasteiger partial charge in [-0.15, -0.1) is 0 Å². The molecule has 0 bridgehead atoms. The highest BCUT2D eigenvalue weighted by molar-refractivity contribution is 5.42. The summed E-state index contributed by atoms with van der Waals surface area (Å²) >= 11 is 0. The molecule has 0 aliphatic heterocycles. The van der Waals surface area contributed by atoms with E-state index in [1.54, 1.807) is 0 Å². The van der Waals surface area contributed by atoms with Crippen LogP contribution in [0.1, 0.15) is 16.7 Å². The molecule has 0 heterocycles. The fourth-order valence-corrected chi connectivity index (χ4v) is 1.19. The van der Waals surface area contributed by atoms with E-state index in [-0.39, 0.29) is 12.2 Å². The van der Waals surface area contributed by atoms with Crippen LogP contribution in [0.15, 0.2) is 18.2 Å². The summed E-state index contributed by atoms with van der Waals surface area (Å²) in [5.74, 6) is 0. The first-order valence-corrected chi connectivity index (χ1v) is 4.08. The van der Waals surface area contributed by atoms with Crippen molar-refractivity contribution in [3.8, 4) is 6.07 Å². The van der Waals surface area contributed by atoms with Gasteiger partial charge < -0.3 is 4.74 Å². The Morgan fingerprint density at radius 1 is 1.40 bits per heavy atom. The molecule has 2 nitrogen and oxygen atoms in total. The van der Waals surface area contributed by atoms with E-state index in [0.717, 1.165) is 6.07 Å². The zero-order valence-corrected chi connectivity index (χ0v) is 7.93. The second-order valence-electron chi connectivity index (χ2n) is 2.92. The summed E-state index contributed by atoms with van der Waals surface area (Å²) in [6.07, 6.45) is -4.49. The van der Waals surface area contributed by atoms with Crippen molar-refractivity contribution in [1.29, 1.82) is 5.26 Å². The number of nitriles is 1. The maximum absolute atomic E-state index is 12.4. The topological polar surface area (TPSA) is 33.0 Å². The number of hydrogen-bond acceptors (Lipinski definition) is 2. The summed E-state index contributed by atoms with van der Waals surface area (Å²) < 4.78 is 41.9. The Labute approximate surface area is 84.9 Å². The summed E-state index contributed by atoms with van der Waals surface area (Å²) in [6, 6.07) is 4.91. The van der Waals surface area contributed by atoms with E-state index < -0.39 is 11.7 Å². The van der Waals surface area contributed by atoms with Gasteiger partial charge in [-0.05, 0) is 17.7 Å². The molecule has 0 aliphatic rings. The van der Waals surface area contributed by atoms with Gasteiger partial charge in [-0.1, -0.05) is 6.07 Å². The SMILES string of the molecule is COCc1ccc(C(F)(F)F)c(C#N)c1. The van der Waals surface area contributed by atoms with Crippen molar-refractivity contribution in [1.82, 2.24) is 0 Å². The molecule has 1 aromatic carbocycles. The second-order valence-corrected chi connectivity index (χ2v) is 2.92. The minimum absolute atomic E-state index is 0.187. The molecule has 0 spiro atoms. The summed E-state index contributed by atoms with van der Waals surface area (Å²) in [5, 5.41) is 8.58. The molecule has 0 N–H and O–H groups in total. The normalized spacial score (nSPS) is 11.1. The summed E-state index contributed by atoms with van der Waals surface area (Å²) in [4.78, 5) is 0. The Kier molecular flexibility index (Phi) is 3.32. The molecule has 1 rings (SSSR count). The molecular formula is C10H8F3NO. The molecular weight excluding hydrogens is 207 g/mol. The molecule has 0 aromatic heterocycles. The Balaban J connectivity index is 3.17. The van der Waals surface area contributed by atoms with E-state index in [0.29, 0.717) is 5.56 Å². The van der Waals surface area contributed by atoms with Crippen LogP contribution in [0.25, 0.3) is 0 Å². The number of halogens is 3. The van der Waals surface area contributed by atoms with Gasteiger partial charge >= 0.3 is 6.18 Å². The maximum atomic E-state index is 12.4. The lowest BCUT2D eigenvalue weighted by Gasteiger charge is -2.09. The lowest BCUT2D eigenvalue weighted by atomic mass is 10.0. The number of methoxy groups -OCH3 is 1. The van der Waals surface area contributed by atoms with Gasteiger partial charge in [0.1, 0.15) is 0 Å². The largest absolute Gasteiger partial charge is 0.417 e. The number of rotatable bonds is 2.